The maximum absolute atomic E-state index is 13.1. The number of hydrogen-bond donors (Lipinski definition) is 1. The molecule has 0 saturated heterocycles. The van der Waals surface area contributed by atoms with E-state index in [1.807, 2.05) is 12.1 Å². The molecule has 1 aromatic carbocycles. The van der Waals surface area contributed by atoms with E-state index in [0.717, 1.165) is 29.0 Å². The summed E-state index contributed by atoms with van der Waals surface area (Å²) in [6.45, 7) is 0.933. The first kappa shape index (κ1) is 21.1. The number of rotatable bonds is 4. The van der Waals surface area contributed by atoms with Crippen molar-refractivity contribution < 1.29 is 9.59 Å². The van der Waals surface area contributed by atoms with E-state index in [2.05, 4.69) is 15.3 Å². The standard InChI is InChI=1S/C26H29ClN4O2/c27-21-4-2-1-3-19(21)25(33)31-6-5-20-22(14-31)28-15-29-24(20)30-23(32)13-26-10-16-7-17(11-26)9-18(8-16)12-26/h1-4,15-18H,5-14H2,(H,28,29,30,32). The van der Waals surface area contributed by atoms with Crippen LogP contribution >= 0.6 is 11.6 Å². The molecule has 2 heterocycles. The average molecular weight is 465 g/mol. The highest BCUT2D eigenvalue weighted by Gasteiger charge is 2.51. The Bertz CT molecular complexity index is 1080. The molecule has 1 aromatic heterocycles. The second-order valence-corrected chi connectivity index (χ2v) is 11.2. The van der Waals surface area contributed by atoms with Crippen molar-refractivity contribution in [1.29, 1.82) is 0 Å². The second-order valence-electron chi connectivity index (χ2n) is 10.7. The van der Waals surface area contributed by atoms with Gasteiger partial charge in [0.25, 0.3) is 5.91 Å². The number of amides is 2. The van der Waals surface area contributed by atoms with Crippen LogP contribution in [0.2, 0.25) is 5.02 Å². The Labute approximate surface area is 199 Å². The molecule has 172 valence electrons. The summed E-state index contributed by atoms with van der Waals surface area (Å²) in [4.78, 5) is 36.7. The minimum Gasteiger partial charge on any atom is -0.332 e. The van der Waals surface area contributed by atoms with Gasteiger partial charge in [-0.25, -0.2) is 9.97 Å². The molecule has 5 aliphatic rings. The number of nitrogens with one attached hydrogen (secondary N) is 1. The van der Waals surface area contributed by atoms with E-state index < -0.39 is 0 Å². The molecule has 0 radical (unpaired) electrons. The Morgan fingerprint density at radius 3 is 2.45 bits per heavy atom. The summed E-state index contributed by atoms with van der Waals surface area (Å²) >= 11 is 6.23. The lowest BCUT2D eigenvalue weighted by atomic mass is 9.49. The molecule has 6 nitrogen and oxygen atoms in total. The van der Waals surface area contributed by atoms with Gasteiger partial charge < -0.3 is 10.2 Å². The monoisotopic (exact) mass is 464 g/mol. The molecule has 4 saturated carbocycles. The normalized spacial score (nSPS) is 29.6. The zero-order valence-electron chi connectivity index (χ0n) is 18.7. The molecule has 0 atom stereocenters. The fraction of sp³-hybridized carbons (Fsp3) is 0.538. The number of aromatic nitrogens is 2. The van der Waals surface area contributed by atoms with E-state index in [-0.39, 0.29) is 17.2 Å². The number of nitrogens with zero attached hydrogens (tertiary/aromatic N) is 3. The lowest BCUT2D eigenvalue weighted by molar-refractivity contribution is -0.124. The van der Waals surface area contributed by atoms with E-state index in [0.29, 0.717) is 42.3 Å². The van der Waals surface area contributed by atoms with Gasteiger partial charge in [-0.2, -0.15) is 0 Å². The number of carbonyl (C=O) groups is 2. The van der Waals surface area contributed by atoms with Crippen molar-refractivity contribution in [2.24, 2.45) is 23.2 Å². The molecule has 4 fully saturated rings. The second kappa shape index (κ2) is 8.08. The van der Waals surface area contributed by atoms with Gasteiger partial charge in [0.1, 0.15) is 12.1 Å². The Morgan fingerprint density at radius 2 is 1.76 bits per heavy atom. The number of fused-ring (bicyclic) bond motifs is 1. The summed E-state index contributed by atoms with van der Waals surface area (Å²) < 4.78 is 0. The molecule has 2 amide bonds. The summed E-state index contributed by atoms with van der Waals surface area (Å²) in [6, 6.07) is 7.11. The zero-order chi connectivity index (χ0) is 22.6. The fourth-order valence-electron chi connectivity index (χ4n) is 7.46. The third kappa shape index (κ3) is 3.92. The van der Waals surface area contributed by atoms with Crippen LogP contribution in [-0.2, 0) is 17.8 Å². The highest BCUT2D eigenvalue weighted by molar-refractivity contribution is 6.33. The van der Waals surface area contributed by atoms with Crippen LogP contribution in [0.25, 0.3) is 0 Å². The molecule has 4 bridgehead atoms. The largest absolute Gasteiger partial charge is 0.332 e. The van der Waals surface area contributed by atoms with Gasteiger partial charge in [-0.1, -0.05) is 23.7 Å². The van der Waals surface area contributed by atoms with Crippen LogP contribution in [0.1, 0.15) is 66.6 Å². The fourth-order valence-corrected chi connectivity index (χ4v) is 7.68. The number of hydrogen-bond acceptors (Lipinski definition) is 4. The lowest BCUT2D eigenvalue weighted by Crippen LogP contribution is -2.47. The summed E-state index contributed by atoms with van der Waals surface area (Å²) in [5.74, 6) is 3.08. The molecule has 1 N–H and O–H groups in total. The van der Waals surface area contributed by atoms with E-state index in [4.69, 9.17) is 11.6 Å². The van der Waals surface area contributed by atoms with E-state index in [1.165, 1.54) is 44.9 Å². The SMILES string of the molecule is O=C(CC12CC3CC(CC(C3)C1)C2)Nc1ncnc2c1CCN(C(=O)c1ccccc1Cl)C2. The van der Waals surface area contributed by atoms with Gasteiger partial charge in [0.05, 0.1) is 22.8 Å². The quantitative estimate of drug-likeness (QED) is 0.700. The average Bonchev–Trinajstić information content (AvgIpc) is 2.77. The van der Waals surface area contributed by atoms with Crippen molar-refractivity contribution in [3.05, 3.63) is 52.4 Å². The predicted octanol–water partition coefficient (Wildman–Crippen LogP) is 4.87. The molecular formula is C26H29ClN4O2. The van der Waals surface area contributed by atoms with Gasteiger partial charge in [-0.3, -0.25) is 9.59 Å². The minimum atomic E-state index is -0.0998. The van der Waals surface area contributed by atoms with E-state index in [1.54, 1.807) is 17.0 Å². The summed E-state index contributed by atoms with van der Waals surface area (Å²) in [7, 11) is 0. The highest BCUT2D eigenvalue weighted by Crippen LogP contribution is 2.61. The minimum absolute atomic E-state index is 0.0763. The first-order chi connectivity index (χ1) is 16.0. The smallest absolute Gasteiger partial charge is 0.255 e. The van der Waals surface area contributed by atoms with Crippen LogP contribution < -0.4 is 5.32 Å². The summed E-state index contributed by atoms with van der Waals surface area (Å²) in [6.07, 6.45) is 10.5. The van der Waals surface area contributed by atoms with Gasteiger partial charge in [0.15, 0.2) is 0 Å². The first-order valence-electron chi connectivity index (χ1n) is 12.1. The maximum Gasteiger partial charge on any atom is 0.255 e. The number of benzene rings is 1. The Hall–Kier alpha value is -2.47. The van der Waals surface area contributed by atoms with Gasteiger partial charge in [-0.05, 0) is 80.2 Å². The summed E-state index contributed by atoms with van der Waals surface area (Å²) in [5, 5.41) is 3.57. The van der Waals surface area contributed by atoms with Crippen molar-refractivity contribution in [3.8, 4) is 0 Å². The first-order valence-corrected chi connectivity index (χ1v) is 12.5. The van der Waals surface area contributed by atoms with Crippen LogP contribution in [0.15, 0.2) is 30.6 Å². The summed E-state index contributed by atoms with van der Waals surface area (Å²) in [5.41, 5.74) is 2.44. The van der Waals surface area contributed by atoms with E-state index >= 15 is 0 Å². The van der Waals surface area contributed by atoms with Crippen molar-refractivity contribution in [2.75, 3.05) is 11.9 Å². The zero-order valence-corrected chi connectivity index (χ0v) is 19.5. The van der Waals surface area contributed by atoms with Gasteiger partial charge in [-0.15, -0.1) is 0 Å². The molecule has 33 heavy (non-hydrogen) atoms. The number of carbonyl (C=O) groups excluding carboxylic acids is 2. The lowest BCUT2D eigenvalue weighted by Gasteiger charge is -2.56. The molecule has 0 unspecified atom stereocenters. The van der Waals surface area contributed by atoms with Crippen LogP contribution in [-0.4, -0.2) is 33.2 Å². The van der Waals surface area contributed by atoms with Gasteiger partial charge >= 0.3 is 0 Å². The van der Waals surface area contributed by atoms with Crippen LogP contribution in [0, 0.1) is 23.2 Å². The van der Waals surface area contributed by atoms with Crippen molar-refractivity contribution in [3.63, 3.8) is 0 Å². The molecule has 7 heteroatoms. The maximum atomic E-state index is 13.1. The topological polar surface area (TPSA) is 75.2 Å². The molecule has 2 aromatic rings. The third-order valence-corrected chi connectivity index (χ3v) is 8.69. The van der Waals surface area contributed by atoms with Crippen LogP contribution in [0.5, 0.6) is 0 Å². The van der Waals surface area contributed by atoms with Crippen molar-refractivity contribution in [1.82, 2.24) is 14.9 Å². The Morgan fingerprint density at radius 1 is 1.06 bits per heavy atom. The number of anilines is 1. The van der Waals surface area contributed by atoms with Gasteiger partial charge in [0.2, 0.25) is 5.91 Å². The predicted molar refractivity (Wildman–Crippen MR) is 126 cm³/mol. The third-order valence-electron chi connectivity index (χ3n) is 8.36. The molecule has 4 aliphatic carbocycles. The molecule has 0 spiro atoms. The number of halogens is 1. The molecule has 7 rings (SSSR count). The van der Waals surface area contributed by atoms with E-state index in [9.17, 15) is 9.59 Å². The Balaban J connectivity index is 1.15. The van der Waals surface area contributed by atoms with Crippen LogP contribution in [0.3, 0.4) is 0 Å². The van der Waals surface area contributed by atoms with Crippen molar-refractivity contribution in [2.45, 2.75) is 57.9 Å². The van der Waals surface area contributed by atoms with Crippen LogP contribution in [0.4, 0.5) is 5.82 Å². The highest BCUT2D eigenvalue weighted by atomic mass is 35.5. The van der Waals surface area contributed by atoms with Gasteiger partial charge in [0, 0.05) is 18.5 Å². The Kier molecular flexibility index (Phi) is 5.17. The molecule has 1 aliphatic heterocycles. The van der Waals surface area contributed by atoms with Crippen molar-refractivity contribution >= 4 is 29.2 Å². The molecular weight excluding hydrogens is 436 g/mol.